The van der Waals surface area contributed by atoms with E-state index >= 15 is 0 Å². The first-order valence-electron chi connectivity index (χ1n) is 8.07. The first-order chi connectivity index (χ1) is 11.0. The van der Waals surface area contributed by atoms with E-state index in [-0.39, 0.29) is 5.54 Å². The van der Waals surface area contributed by atoms with Crippen molar-refractivity contribution in [2.45, 2.75) is 32.7 Å². The first kappa shape index (κ1) is 14.1. The molecule has 0 aliphatic carbocycles. The lowest BCUT2D eigenvalue weighted by atomic mass is 9.83. The molecule has 23 heavy (non-hydrogen) atoms. The Bertz CT molecular complexity index is 935. The topological polar surface area (TPSA) is 25.2 Å². The van der Waals surface area contributed by atoms with E-state index in [9.17, 15) is 0 Å². The van der Waals surface area contributed by atoms with Gasteiger partial charge in [0.2, 0.25) is 0 Å². The van der Waals surface area contributed by atoms with Crippen LogP contribution in [0.3, 0.4) is 0 Å². The minimum atomic E-state index is -0.0832. The van der Waals surface area contributed by atoms with Gasteiger partial charge in [-0.3, -0.25) is 9.98 Å². The summed E-state index contributed by atoms with van der Waals surface area (Å²) in [5, 5.41) is 1.16. The molecule has 2 aromatic carbocycles. The Labute approximate surface area is 136 Å². The summed E-state index contributed by atoms with van der Waals surface area (Å²) in [5.41, 5.74) is 7.12. The molecule has 2 heterocycles. The van der Waals surface area contributed by atoms with Crippen molar-refractivity contribution >= 4 is 16.6 Å². The number of nitrogens with zero attached hydrogens (tertiary/aromatic N) is 2. The number of aliphatic imine (C=N–C) groups is 1. The van der Waals surface area contributed by atoms with Crippen LogP contribution < -0.4 is 0 Å². The lowest BCUT2D eigenvalue weighted by Crippen LogP contribution is -2.30. The predicted octanol–water partition coefficient (Wildman–Crippen LogP) is 4.72. The van der Waals surface area contributed by atoms with Crippen LogP contribution in [0.25, 0.3) is 10.9 Å². The highest BCUT2D eigenvalue weighted by atomic mass is 14.9. The third-order valence-corrected chi connectivity index (χ3v) is 4.55. The lowest BCUT2D eigenvalue weighted by Gasteiger charge is -2.30. The molecule has 4 rings (SSSR count). The van der Waals surface area contributed by atoms with E-state index in [1.807, 2.05) is 18.3 Å². The third-order valence-electron chi connectivity index (χ3n) is 4.55. The Morgan fingerprint density at radius 2 is 1.83 bits per heavy atom. The van der Waals surface area contributed by atoms with Crippen LogP contribution in [0.2, 0.25) is 0 Å². The van der Waals surface area contributed by atoms with Crippen LogP contribution in [0, 0.1) is 6.92 Å². The maximum Gasteiger partial charge on any atom is 0.0744 e. The summed E-state index contributed by atoms with van der Waals surface area (Å²) >= 11 is 0. The van der Waals surface area contributed by atoms with E-state index in [2.05, 4.69) is 62.2 Å². The van der Waals surface area contributed by atoms with E-state index in [1.54, 1.807) is 0 Å². The second-order valence-corrected chi connectivity index (χ2v) is 6.97. The fraction of sp³-hybridized carbons (Fsp3) is 0.238. The van der Waals surface area contributed by atoms with Gasteiger partial charge in [-0.1, -0.05) is 36.4 Å². The lowest BCUT2D eigenvalue weighted by molar-refractivity contribution is 0.512. The van der Waals surface area contributed by atoms with Gasteiger partial charge in [0.15, 0.2) is 0 Å². The van der Waals surface area contributed by atoms with Crippen LogP contribution in [-0.4, -0.2) is 16.2 Å². The Hall–Kier alpha value is -2.48. The zero-order chi connectivity index (χ0) is 16.0. The van der Waals surface area contributed by atoms with Gasteiger partial charge in [0.25, 0.3) is 0 Å². The summed E-state index contributed by atoms with van der Waals surface area (Å²) in [7, 11) is 0. The van der Waals surface area contributed by atoms with Crippen molar-refractivity contribution in [3.8, 4) is 0 Å². The standard InChI is InChI=1S/C21H20N2/c1-14-7-6-9-17-18(14)12-21(2,3)23-20(17)16-11-15-8-4-5-10-19(15)22-13-16/h4-11,13H,12H2,1-3H3. The number of para-hydroxylation sites is 1. The van der Waals surface area contributed by atoms with Crippen LogP contribution in [0.15, 0.2) is 59.7 Å². The Morgan fingerprint density at radius 1 is 1.00 bits per heavy atom. The molecule has 3 aromatic rings. The van der Waals surface area contributed by atoms with E-state index in [4.69, 9.17) is 4.99 Å². The van der Waals surface area contributed by atoms with Crippen molar-refractivity contribution in [2.75, 3.05) is 0 Å². The van der Waals surface area contributed by atoms with Gasteiger partial charge in [-0.25, -0.2) is 0 Å². The highest BCUT2D eigenvalue weighted by Crippen LogP contribution is 2.31. The monoisotopic (exact) mass is 300 g/mol. The largest absolute Gasteiger partial charge is 0.278 e. The number of aryl methyl sites for hydroxylation is 1. The van der Waals surface area contributed by atoms with Crippen LogP contribution in [0.4, 0.5) is 0 Å². The third kappa shape index (κ3) is 2.44. The molecule has 0 N–H and O–H groups in total. The van der Waals surface area contributed by atoms with Gasteiger partial charge in [0.1, 0.15) is 0 Å². The number of benzene rings is 2. The highest BCUT2D eigenvalue weighted by Gasteiger charge is 2.28. The van der Waals surface area contributed by atoms with Gasteiger partial charge in [-0.2, -0.15) is 0 Å². The molecular weight excluding hydrogens is 280 g/mol. The van der Waals surface area contributed by atoms with Crippen molar-refractivity contribution in [2.24, 2.45) is 4.99 Å². The molecule has 0 saturated heterocycles. The quantitative estimate of drug-likeness (QED) is 0.638. The SMILES string of the molecule is Cc1cccc2c1CC(C)(C)N=C2c1cnc2ccccc2c1. The number of hydrogen-bond acceptors (Lipinski definition) is 2. The summed E-state index contributed by atoms with van der Waals surface area (Å²) in [4.78, 5) is 9.67. The summed E-state index contributed by atoms with van der Waals surface area (Å²) in [6, 6.07) is 16.9. The second-order valence-electron chi connectivity index (χ2n) is 6.97. The number of hydrogen-bond donors (Lipinski definition) is 0. The summed E-state index contributed by atoms with van der Waals surface area (Å²) in [6.07, 6.45) is 2.94. The summed E-state index contributed by atoms with van der Waals surface area (Å²) in [6.45, 7) is 6.60. The first-order valence-corrected chi connectivity index (χ1v) is 8.07. The van der Waals surface area contributed by atoms with Gasteiger partial charge in [-0.15, -0.1) is 0 Å². The van der Waals surface area contributed by atoms with Gasteiger partial charge in [0, 0.05) is 22.7 Å². The minimum Gasteiger partial charge on any atom is -0.278 e. The number of rotatable bonds is 1. The van der Waals surface area contributed by atoms with E-state index in [1.165, 1.54) is 16.7 Å². The minimum absolute atomic E-state index is 0.0832. The molecule has 2 heteroatoms. The van der Waals surface area contributed by atoms with E-state index in [0.717, 1.165) is 28.6 Å². The predicted molar refractivity (Wildman–Crippen MR) is 96.3 cm³/mol. The maximum absolute atomic E-state index is 5.05. The van der Waals surface area contributed by atoms with E-state index < -0.39 is 0 Å². The molecule has 1 aromatic heterocycles. The molecular formula is C21H20N2. The molecule has 0 bridgehead atoms. The summed E-state index contributed by atoms with van der Waals surface area (Å²) < 4.78 is 0. The molecule has 0 spiro atoms. The molecule has 2 nitrogen and oxygen atoms in total. The maximum atomic E-state index is 5.05. The zero-order valence-corrected chi connectivity index (χ0v) is 13.8. The molecule has 1 aliphatic rings. The molecule has 0 fully saturated rings. The zero-order valence-electron chi connectivity index (χ0n) is 13.8. The van der Waals surface area contributed by atoms with Gasteiger partial charge >= 0.3 is 0 Å². The van der Waals surface area contributed by atoms with Gasteiger partial charge < -0.3 is 0 Å². The fourth-order valence-corrected chi connectivity index (χ4v) is 3.41. The Balaban J connectivity index is 1.95. The Kier molecular flexibility index (Phi) is 3.08. The molecule has 0 radical (unpaired) electrons. The number of aromatic nitrogens is 1. The average molecular weight is 300 g/mol. The molecule has 0 unspecified atom stereocenters. The van der Waals surface area contributed by atoms with Crippen molar-refractivity contribution < 1.29 is 0 Å². The highest BCUT2D eigenvalue weighted by molar-refractivity contribution is 6.15. The van der Waals surface area contributed by atoms with Crippen LogP contribution >= 0.6 is 0 Å². The normalized spacial score (nSPS) is 16.0. The average Bonchev–Trinajstić information content (AvgIpc) is 2.54. The van der Waals surface area contributed by atoms with Crippen LogP contribution in [0.5, 0.6) is 0 Å². The molecule has 0 amide bonds. The van der Waals surface area contributed by atoms with Crippen LogP contribution in [-0.2, 0) is 6.42 Å². The molecule has 114 valence electrons. The summed E-state index contributed by atoms with van der Waals surface area (Å²) in [5.74, 6) is 0. The van der Waals surface area contributed by atoms with Gasteiger partial charge in [0.05, 0.1) is 16.8 Å². The molecule has 0 saturated carbocycles. The number of pyridine rings is 1. The second kappa shape index (κ2) is 5.02. The van der Waals surface area contributed by atoms with Crippen molar-refractivity contribution in [3.63, 3.8) is 0 Å². The molecule has 1 aliphatic heterocycles. The van der Waals surface area contributed by atoms with Crippen molar-refractivity contribution in [1.29, 1.82) is 0 Å². The molecule has 0 atom stereocenters. The van der Waals surface area contributed by atoms with Crippen molar-refractivity contribution in [1.82, 2.24) is 4.98 Å². The fourth-order valence-electron chi connectivity index (χ4n) is 3.41. The van der Waals surface area contributed by atoms with Gasteiger partial charge in [-0.05, 0) is 50.5 Å². The number of fused-ring (bicyclic) bond motifs is 2. The Morgan fingerprint density at radius 3 is 2.70 bits per heavy atom. The van der Waals surface area contributed by atoms with Crippen LogP contribution in [0.1, 0.15) is 36.1 Å². The van der Waals surface area contributed by atoms with E-state index in [0.29, 0.717) is 0 Å². The van der Waals surface area contributed by atoms with Crippen molar-refractivity contribution in [3.05, 3.63) is 77.0 Å². The smallest absolute Gasteiger partial charge is 0.0744 e.